The van der Waals surface area contributed by atoms with Gasteiger partial charge in [0.05, 0.1) is 25.2 Å². The summed E-state index contributed by atoms with van der Waals surface area (Å²) in [6, 6.07) is 8.71. The van der Waals surface area contributed by atoms with E-state index in [9.17, 15) is 19.5 Å². The van der Waals surface area contributed by atoms with Gasteiger partial charge in [0.25, 0.3) is 0 Å². The standard InChI is InChI=1S/C30H53N5O4/c1-22(2)16-17-34(28(39)32-29(3,4)5)19-25(36)24(18-23-14-12-11-13-15-23)31-26(37)20-35(30(6,7)8)27(38)21-33(9)10/h11-15,22,24-25,36H,16-21H2,1-10H3,(H,31,37)(H,32,39)/t24-,25+/m0/s1. The molecule has 1 rings (SSSR count). The molecule has 1 aromatic rings. The van der Waals surface area contributed by atoms with E-state index >= 15 is 0 Å². The zero-order valence-corrected chi connectivity index (χ0v) is 25.9. The van der Waals surface area contributed by atoms with E-state index in [-0.39, 0.29) is 37.5 Å². The Hall–Kier alpha value is -2.65. The highest BCUT2D eigenvalue weighted by atomic mass is 16.3. The van der Waals surface area contributed by atoms with E-state index in [1.807, 2.05) is 86.0 Å². The quantitative estimate of drug-likeness (QED) is 0.352. The van der Waals surface area contributed by atoms with Crippen LogP contribution in [0.5, 0.6) is 0 Å². The number of hydrogen-bond donors (Lipinski definition) is 3. The number of carbonyl (C=O) groups excluding carboxylic acids is 3. The number of nitrogens with zero attached hydrogens (tertiary/aromatic N) is 3. The number of hydrogen-bond acceptors (Lipinski definition) is 5. The third-order valence-corrected chi connectivity index (χ3v) is 6.13. The van der Waals surface area contributed by atoms with Crippen molar-refractivity contribution in [3.8, 4) is 0 Å². The van der Waals surface area contributed by atoms with Crippen LogP contribution >= 0.6 is 0 Å². The highest BCUT2D eigenvalue weighted by Gasteiger charge is 2.31. The molecule has 9 nitrogen and oxygen atoms in total. The monoisotopic (exact) mass is 547 g/mol. The molecule has 39 heavy (non-hydrogen) atoms. The van der Waals surface area contributed by atoms with Gasteiger partial charge in [-0.05, 0) is 80.0 Å². The Morgan fingerprint density at radius 3 is 2.03 bits per heavy atom. The maximum absolute atomic E-state index is 13.3. The topological polar surface area (TPSA) is 105 Å². The minimum absolute atomic E-state index is 0.0644. The van der Waals surface area contributed by atoms with Crippen LogP contribution in [-0.2, 0) is 16.0 Å². The first-order chi connectivity index (χ1) is 17.9. The van der Waals surface area contributed by atoms with E-state index in [4.69, 9.17) is 0 Å². The summed E-state index contributed by atoms with van der Waals surface area (Å²) in [4.78, 5) is 44.3. The molecule has 0 spiro atoms. The number of aliphatic hydroxyl groups excluding tert-OH is 1. The summed E-state index contributed by atoms with van der Waals surface area (Å²) in [6.45, 7) is 16.2. The molecule has 222 valence electrons. The van der Waals surface area contributed by atoms with Gasteiger partial charge in [0.1, 0.15) is 6.54 Å². The molecule has 0 radical (unpaired) electrons. The van der Waals surface area contributed by atoms with Crippen molar-refractivity contribution in [1.29, 1.82) is 0 Å². The van der Waals surface area contributed by atoms with Gasteiger partial charge in [-0.15, -0.1) is 0 Å². The van der Waals surface area contributed by atoms with Gasteiger partial charge >= 0.3 is 6.03 Å². The molecular weight excluding hydrogens is 494 g/mol. The van der Waals surface area contributed by atoms with Crippen molar-refractivity contribution in [2.45, 2.75) is 91.5 Å². The van der Waals surface area contributed by atoms with E-state index in [1.165, 1.54) is 0 Å². The number of urea groups is 1. The van der Waals surface area contributed by atoms with Crippen molar-refractivity contribution < 1.29 is 19.5 Å². The van der Waals surface area contributed by atoms with Crippen molar-refractivity contribution in [3.05, 3.63) is 35.9 Å². The summed E-state index contributed by atoms with van der Waals surface area (Å²) in [7, 11) is 3.62. The van der Waals surface area contributed by atoms with Crippen LogP contribution in [0.2, 0.25) is 0 Å². The van der Waals surface area contributed by atoms with Gasteiger partial charge in [-0.25, -0.2) is 4.79 Å². The van der Waals surface area contributed by atoms with Crippen LogP contribution in [-0.4, -0.2) is 101 Å². The summed E-state index contributed by atoms with van der Waals surface area (Å²) < 4.78 is 0. The first-order valence-electron chi connectivity index (χ1n) is 13.9. The molecule has 3 N–H and O–H groups in total. The molecular formula is C30H53N5O4. The molecule has 4 amide bonds. The molecule has 0 heterocycles. The predicted octanol–water partition coefficient (Wildman–Crippen LogP) is 3.12. The minimum atomic E-state index is -1.02. The van der Waals surface area contributed by atoms with Gasteiger partial charge < -0.3 is 30.4 Å². The number of likely N-dealkylation sites (N-methyl/N-ethyl adjacent to an activating group) is 1. The smallest absolute Gasteiger partial charge is 0.317 e. The van der Waals surface area contributed by atoms with Crippen LogP contribution in [0.4, 0.5) is 4.79 Å². The fourth-order valence-electron chi connectivity index (χ4n) is 4.05. The average molecular weight is 548 g/mol. The predicted molar refractivity (Wildman–Crippen MR) is 157 cm³/mol. The van der Waals surface area contributed by atoms with Crippen LogP contribution < -0.4 is 10.6 Å². The summed E-state index contributed by atoms with van der Waals surface area (Å²) in [6.07, 6.45) is 0.148. The Morgan fingerprint density at radius 2 is 1.54 bits per heavy atom. The second kappa shape index (κ2) is 15.2. The van der Waals surface area contributed by atoms with E-state index in [0.29, 0.717) is 18.9 Å². The van der Waals surface area contributed by atoms with Crippen molar-refractivity contribution in [3.63, 3.8) is 0 Å². The fraction of sp³-hybridized carbons (Fsp3) is 0.700. The van der Waals surface area contributed by atoms with Crippen molar-refractivity contribution >= 4 is 17.8 Å². The number of nitrogens with one attached hydrogen (secondary N) is 2. The molecule has 0 aromatic heterocycles. The molecule has 2 atom stereocenters. The minimum Gasteiger partial charge on any atom is -0.389 e. The number of rotatable bonds is 13. The van der Waals surface area contributed by atoms with Crippen LogP contribution in [0.3, 0.4) is 0 Å². The van der Waals surface area contributed by atoms with Crippen LogP contribution in [0, 0.1) is 5.92 Å². The maximum Gasteiger partial charge on any atom is 0.317 e. The number of amides is 4. The first kappa shape index (κ1) is 34.4. The Bertz CT molecular complexity index is 906. The average Bonchev–Trinajstić information content (AvgIpc) is 2.77. The second-order valence-corrected chi connectivity index (χ2v) is 13.1. The van der Waals surface area contributed by atoms with Crippen LogP contribution in [0.1, 0.15) is 67.4 Å². The largest absolute Gasteiger partial charge is 0.389 e. The molecule has 0 aliphatic heterocycles. The Kier molecular flexibility index (Phi) is 13.4. The SMILES string of the molecule is CC(C)CCN(C[C@@H](O)[C@H](Cc1ccccc1)NC(=O)CN(C(=O)CN(C)C)C(C)(C)C)C(=O)NC(C)(C)C. The van der Waals surface area contributed by atoms with Gasteiger partial charge in [-0.2, -0.15) is 0 Å². The number of aliphatic hydroxyl groups is 1. The maximum atomic E-state index is 13.3. The third kappa shape index (κ3) is 13.8. The molecule has 0 saturated carbocycles. The van der Waals surface area contributed by atoms with Gasteiger partial charge in [-0.3, -0.25) is 9.59 Å². The van der Waals surface area contributed by atoms with E-state index in [1.54, 1.807) is 14.7 Å². The lowest BCUT2D eigenvalue weighted by atomic mass is 10.00. The number of carbonyl (C=O) groups is 3. The Balaban J connectivity index is 3.17. The lowest BCUT2D eigenvalue weighted by Crippen LogP contribution is -2.57. The van der Waals surface area contributed by atoms with E-state index < -0.39 is 23.2 Å². The molecule has 0 fully saturated rings. The summed E-state index contributed by atoms with van der Waals surface area (Å²) >= 11 is 0. The highest BCUT2D eigenvalue weighted by Crippen LogP contribution is 2.15. The fourth-order valence-corrected chi connectivity index (χ4v) is 4.05. The normalized spacial score (nSPS) is 13.7. The molecule has 0 saturated heterocycles. The summed E-state index contributed by atoms with van der Waals surface area (Å²) in [5.41, 5.74) is -0.0341. The third-order valence-electron chi connectivity index (χ3n) is 6.13. The van der Waals surface area contributed by atoms with Crippen LogP contribution in [0.25, 0.3) is 0 Å². The van der Waals surface area contributed by atoms with Crippen LogP contribution in [0.15, 0.2) is 30.3 Å². The summed E-state index contributed by atoms with van der Waals surface area (Å²) in [5.74, 6) is -0.124. The zero-order valence-electron chi connectivity index (χ0n) is 25.9. The highest BCUT2D eigenvalue weighted by molar-refractivity contribution is 5.86. The molecule has 1 aromatic carbocycles. The molecule has 0 unspecified atom stereocenters. The first-order valence-corrected chi connectivity index (χ1v) is 13.9. The molecule has 0 bridgehead atoms. The lowest BCUT2D eigenvalue weighted by molar-refractivity contribution is -0.141. The Labute approximate surface area is 236 Å². The van der Waals surface area contributed by atoms with E-state index in [0.717, 1.165) is 12.0 Å². The van der Waals surface area contributed by atoms with Gasteiger partial charge in [-0.1, -0.05) is 44.2 Å². The zero-order chi connectivity index (χ0) is 30.0. The van der Waals surface area contributed by atoms with Gasteiger partial charge in [0, 0.05) is 17.6 Å². The van der Waals surface area contributed by atoms with Gasteiger partial charge in [0.2, 0.25) is 11.8 Å². The molecule has 9 heteroatoms. The van der Waals surface area contributed by atoms with E-state index in [2.05, 4.69) is 24.5 Å². The molecule has 0 aliphatic rings. The summed E-state index contributed by atoms with van der Waals surface area (Å²) in [5, 5.41) is 17.4. The van der Waals surface area contributed by atoms with Crippen molar-refractivity contribution in [1.82, 2.24) is 25.3 Å². The molecule has 0 aliphatic carbocycles. The van der Waals surface area contributed by atoms with Gasteiger partial charge in [0.15, 0.2) is 0 Å². The lowest BCUT2D eigenvalue weighted by Gasteiger charge is -2.37. The van der Waals surface area contributed by atoms with Crippen molar-refractivity contribution in [2.24, 2.45) is 5.92 Å². The number of benzene rings is 1. The Morgan fingerprint density at radius 1 is 0.949 bits per heavy atom. The van der Waals surface area contributed by atoms with Crippen molar-refractivity contribution in [2.75, 3.05) is 40.3 Å². The second-order valence-electron chi connectivity index (χ2n) is 13.1.